The highest BCUT2D eigenvalue weighted by atomic mass is 19.1. The molecule has 0 aromatic heterocycles. The van der Waals surface area contributed by atoms with Crippen molar-refractivity contribution in [3.05, 3.63) is 89.7 Å². The molecule has 2 N–H and O–H groups in total. The summed E-state index contributed by atoms with van der Waals surface area (Å²) < 4.78 is 13.2. The van der Waals surface area contributed by atoms with Gasteiger partial charge in [0, 0.05) is 17.1 Å². The van der Waals surface area contributed by atoms with E-state index < -0.39 is 0 Å². The van der Waals surface area contributed by atoms with Crippen LogP contribution in [0.5, 0.6) is 0 Å². The van der Waals surface area contributed by atoms with Gasteiger partial charge in [-0.3, -0.25) is 4.79 Å². The highest BCUT2D eigenvalue weighted by Crippen LogP contribution is 2.19. The first-order valence-corrected chi connectivity index (χ1v) is 8.04. The molecule has 0 unspecified atom stereocenters. The number of anilines is 3. The molecule has 3 aromatic rings. The molecule has 3 rings (SSSR count). The molecule has 0 radical (unpaired) electrons. The molecule has 5 heteroatoms. The summed E-state index contributed by atoms with van der Waals surface area (Å²) >= 11 is 0. The van der Waals surface area contributed by atoms with Gasteiger partial charge in [-0.2, -0.15) is 5.26 Å². The van der Waals surface area contributed by atoms with Crippen LogP contribution < -0.4 is 10.6 Å². The van der Waals surface area contributed by atoms with Crippen LogP contribution in [0.1, 0.15) is 11.1 Å². The fraction of sp³-hybridized carbons (Fsp3) is 0.0476. The normalized spacial score (nSPS) is 10.0. The molecular weight excluding hydrogens is 329 g/mol. The van der Waals surface area contributed by atoms with E-state index in [0.29, 0.717) is 16.8 Å². The van der Waals surface area contributed by atoms with E-state index in [9.17, 15) is 9.18 Å². The number of carbonyl (C=O) groups excluding carboxylic acids is 1. The van der Waals surface area contributed by atoms with Gasteiger partial charge in [0.05, 0.1) is 18.1 Å². The fourth-order valence-corrected chi connectivity index (χ4v) is 2.47. The van der Waals surface area contributed by atoms with Gasteiger partial charge in [0.2, 0.25) is 5.91 Å². The van der Waals surface area contributed by atoms with E-state index in [2.05, 4.69) is 16.7 Å². The van der Waals surface area contributed by atoms with Crippen LogP contribution in [0.3, 0.4) is 0 Å². The Morgan fingerprint density at radius 2 is 1.54 bits per heavy atom. The summed E-state index contributed by atoms with van der Waals surface area (Å²) in [4.78, 5) is 12.1. The SMILES string of the molecule is N#Cc1ccc(Nc2ccc(NC(=O)Cc3cccc(F)c3)cc2)cc1. The molecule has 1 amide bonds. The number of rotatable bonds is 5. The first kappa shape index (κ1) is 17.2. The van der Waals surface area contributed by atoms with Crippen LogP contribution in [0.4, 0.5) is 21.5 Å². The maximum atomic E-state index is 13.2. The lowest BCUT2D eigenvalue weighted by Crippen LogP contribution is -2.14. The molecule has 0 fully saturated rings. The van der Waals surface area contributed by atoms with Gasteiger partial charge in [-0.15, -0.1) is 0 Å². The number of amides is 1. The van der Waals surface area contributed by atoms with Gasteiger partial charge in [0.15, 0.2) is 0 Å². The van der Waals surface area contributed by atoms with E-state index in [-0.39, 0.29) is 18.1 Å². The number of carbonyl (C=O) groups is 1. The van der Waals surface area contributed by atoms with Gasteiger partial charge >= 0.3 is 0 Å². The average Bonchev–Trinajstić information content (AvgIpc) is 2.64. The quantitative estimate of drug-likeness (QED) is 0.709. The van der Waals surface area contributed by atoms with Crippen LogP contribution in [0.2, 0.25) is 0 Å². The Morgan fingerprint density at radius 3 is 2.15 bits per heavy atom. The molecule has 3 aromatic carbocycles. The third-order valence-corrected chi connectivity index (χ3v) is 3.73. The first-order chi connectivity index (χ1) is 12.6. The predicted octanol–water partition coefficient (Wildman–Crippen LogP) is 4.62. The molecule has 0 aliphatic rings. The van der Waals surface area contributed by atoms with Gasteiger partial charge in [0.1, 0.15) is 5.82 Å². The Kier molecular flexibility index (Phi) is 5.25. The zero-order chi connectivity index (χ0) is 18.4. The maximum Gasteiger partial charge on any atom is 0.228 e. The van der Waals surface area contributed by atoms with Crippen molar-refractivity contribution < 1.29 is 9.18 Å². The summed E-state index contributed by atoms with van der Waals surface area (Å²) in [5.41, 5.74) is 3.62. The minimum absolute atomic E-state index is 0.114. The number of hydrogen-bond donors (Lipinski definition) is 2. The molecular formula is C21H16FN3O. The smallest absolute Gasteiger partial charge is 0.228 e. The molecule has 0 saturated carbocycles. The lowest BCUT2D eigenvalue weighted by Gasteiger charge is -2.09. The molecule has 0 bridgehead atoms. The summed E-state index contributed by atoms with van der Waals surface area (Å²) in [7, 11) is 0. The van der Waals surface area contributed by atoms with Crippen molar-refractivity contribution in [1.29, 1.82) is 5.26 Å². The Morgan fingerprint density at radius 1 is 0.923 bits per heavy atom. The summed E-state index contributed by atoms with van der Waals surface area (Å²) in [5, 5.41) is 14.8. The third-order valence-electron chi connectivity index (χ3n) is 3.73. The zero-order valence-corrected chi connectivity index (χ0v) is 13.9. The van der Waals surface area contributed by atoms with Crippen molar-refractivity contribution in [2.75, 3.05) is 10.6 Å². The van der Waals surface area contributed by atoms with Crippen molar-refractivity contribution >= 4 is 23.0 Å². The van der Waals surface area contributed by atoms with E-state index in [0.717, 1.165) is 11.4 Å². The summed E-state index contributed by atoms with van der Waals surface area (Å²) in [5.74, 6) is -0.558. The monoisotopic (exact) mass is 345 g/mol. The molecule has 0 saturated heterocycles. The van der Waals surface area contributed by atoms with Crippen LogP contribution in [0.25, 0.3) is 0 Å². The van der Waals surface area contributed by atoms with Crippen LogP contribution in [-0.2, 0) is 11.2 Å². The van der Waals surface area contributed by atoms with E-state index in [4.69, 9.17) is 5.26 Å². The lowest BCUT2D eigenvalue weighted by atomic mass is 10.1. The topological polar surface area (TPSA) is 64.9 Å². The van der Waals surface area contributed by atoms with Crippen molar-refractivity contribution in [2.45, 2.75) is 6.42 Å². The van der Waals surface area contributed by atoms with Crippen LogP contribution >= 0.6 is 0 Å². The molecule has 0 spiro atoms. The number of nitrogens with zero attached hydrogens (tertiary/aromatic N) is 1. The molecule has 0 aliphatic heterocycles. The molecule has 0 atom stereocenters. The van der Waals surface area contributed by atoms with Crippen molar-refractivity contribution in [3.63, 3.8) is 0 Å². The van der Waals surface area contributed by atoms with Crippen LogP contribution in [-0.4, -0.2) is 5.91 Å². The maximum absolute atomic E-state index is 13.2. The van der Waals surface area contributed by atoms with Crippen LogP contribution in [0, 0.1) is 17.1 Å². The zero-order valence-electron chi connectivity index (χ0n) is 13.9. The van der Waals surface area contributed by atoms with Crippen LogP contribution in [0.15, 0.2) is 72.8 Å². The number of benzene rings is 3. The average molecular weight is 345 g/mol. The molecule has 26 heavy (non-hydrogen) atoms. The summed E-state index contributed by atoms with van der Waals surface area (Å²) in [6.07, 6.45) is 0.114. The number of nitrogens with one attached hydrogen (secondary N) is 2. The predicted molar refractivity (Wildman–Crippen MR) is 99.6 cm³/mol. The number of nitriles is 1. The highest BCUT2D eigenvalue weighted by Gasteiger charge is 2.05. The van der Waals surface area contributed by atoms with Gasteiger partial charge in [-0.25, -0.2) is 4.39 Å². The largest absolute Gasteiger partial charge is 0.356 e. The standard InChI is InChI=1S/C21H16FN3O/c22-17-3-1-2-16(12-17)13-21(26)25-20-10-8-19(9-11-20)24-18-6-4-15(14-23)5-7-18/h1-12,24H,13H2,(H,25,26). The molecule has 4 nitrogen and oxygen atoms in total. The van der Waals surface area contributed by atoms with Crippen molar-refractivity contribution in [1.82, 2.24) is 0 Å². The summed E-state index contributed by atoms with van der Waals surface area (Å²) in [6.45, 7) is 0. The van der Waals surface area contributed by atoms with E-state index in [1.807, 2.05) is 24.3 Å². The minimum Gasteiger partial charge on any atom is -0.356 e. The Hall–Kier alpha value is -3.65. The Labute approximate surface area is 150 Å². The second-order valence-corrected chi connectivity index (χ2v) is 5.75. The van der Waals surface area contributed by atoms with Gasteiger partial charge in [-0.05, 0) is 66.2 Å². The second kappa shape index (κ2) is 7.95. The Balaban J connectivity index is 1.58. The lowest BCUT2D eigenvalue weighted by molar-refractivity contribution is -0.115. The van der Waals surface area contributed by atoms with Crippen molar-refractivity contribution in [2.24, 2.45) is 0 Å². The molecule has 0 heterocycles. The minimum atomic E-state index is -0.353. The molecule has 128 valence electrons. The highest BCUT2D eigenvalue weighted by molar-refractivity contribution is 5.92. The van der Waals surface area contributed by atoms with E-state index in [1.54, 1.807) is 36.4 Å². The first-order valence-electron chi connectivity index (χ1n) is 8.04. The third kappa shape index (κ3) is 4.68. The number of hydrogen-bond acceptors (Lipinski definition) is 3. The fourth-order valence-electron chi connectivity index (χ4n) is 2.47. The van der Waals surface area contributed by atoms with Gasteiger partial charge in [-0.1, -0.05) is 12.1 Å². The number of halogens is 1. The Bertz CT molecular complexity index is 944. The van der Waals surface area contributed by atoms with Gasteiger partial charge < -0.3 is 10.6 Å². The van der Waals surface area contributed by atoms with E-state index in [1.165, 1.54) is 12.1 Å². The van der Waals surface area contributed by atoms with Gasteiger partial charge in [0.25, 0.3) is 0 Å². The van der Waals surface area contributed by atoms with E-state index >= 15 is 0 Å². The molecule has 0 aliphatic carbocycles. The van der Waals surface area contributed by atoms with Crippen molar-refractivity contribution in [3.8, 4) is 6.07 Å². The summed E-state index contributed by atoms with van der Waals surface area (Å²) in [6, 6.07) is 22.5. The second-order valence-electron chi connectivity index (χ2n) is 5.75.